The fourth-order valence-electron chi connectivity index (χ4n) is 1.57. The molecule has 16 heavy (non-hydrogen) atoms. The van der Waals surface area contributed by atoms with Gasteiger partial charge in [0.05, 0.1) is 6.04 Å². The van der Waals surface area contributed by atoms with Crippen molar-refractivity contribution < 1.29 is 0 Å². The molecule has 0 aliphatic rings. The minimum atomic E-state index is 0.275. The van der Waals surface area contributed by atoms with Crippen LogP contribution in [0, 0.1) is 0 Å². The molecule has 1 nitrogen and oxygen atoms in total. The third kappa shape index (κ3) is 4.04. The van der Waals surface area contributed by atoms with Gasteiger partial charge < -0.3 is 5.32 Å². The second-order valence-electron chi connectivity index (χ2n) is 3.95. The van der Waals surface area contributed by atoms with Gasteiger partial charge in [0.2, 0.25) is 0 Å². The van der Waals surface area contributed by atoms with Crippen LogP contribution in [-0.2, 0) is 0 Å². The average molecular weight is 347 g/mol. The maximum absolute atomic E-state index is 3.61. The summed E-state index contributed by atoms with van der Waals surface area (Å²) in [5.41, 5.74) is 2.59. The Hall–Kier alpha value is -0.120. The highest BCUT2D eigenvalue weighted by Crippen LogP contribution is 2.28. The zero-order valence-electron chi connectivity index (χ0n) is 9.85. The highest BCUT2D eigenvalue weighted by Gasteiger charge is 2.10. The molecule has 0 saturated carbocycles. The molecular weight excluding hydrogens is 330 g/mol. The molecule has 0 aliphatic heterocycles. The summed E-state index contributed by atoms with van der Waals surface area (Å²) in [6, 6.07) is 6.57. The molecule has 1 aromatic rings. The lowest BCUT2D eigenvalue weighted by Gasteiger charge is -2.17. The van der Waals surface area contributed by atoms with Gasteiger partial charge in [0.15, 0.2) is 0 Å². The third-order valence-corrected chi connectivity index (χ3v) is 3.40. The zero-order chi connectivity index (χ0) is 12.1. The Labute approximate surface area is 115 Å². The van der Waals surface area contributed by atoms with Gasteiger partial charge in [-0.2, -0.15) is 0 Å². The van der Waals surface area contributed by atoms with Crippen LogP contribution in [0.3, 0.4) is 0 Å². The normalized spacial score (nSPS) is 12.3. The lowest BCUT2D eigenvalue weighted by molar-refractivity contribution is 0.642. The quantitative estimate of drug-likeness (QED) is 0.770. The minimum Gasteiger partial charge on any atom is -0.307 e. The van der Waals surface area contributed by atoms with Crippen LogP contribution in [0.15, 0.2) is 38.8 Å². The SMILES string of the molecule is CCNC(C=C(C)C)c1ccc(Br)cc1Br. The number of hydrogen-bond acceptors (Lipinski definition) is 1. The van der Waals surface area contributed by atoms with Gasteiger partial charge in [-0.25, -0.2) is 0 Å². The first-order chi connectivity index (χ1) is 7.54. The zero-order valence-corrected chi connectivity index (χ0v) is 13.0. The van der Waals surface area contributed by atoms with Crippen LogP contribution in [0.1, 0.15) is 32.4 Å². The Bertz CT molecular complexity index is 382. The molecule has 0 amide bonds. The number of allylic oxidation sites excluding steroid dienone is 1. The minimum absolute atomic E-state index is 0.275. The van der Waals surface area contributed by atoms with E-state index in [0.717, 1.165) is 15.5 Å². The molecule has 1 unspecified atom stereocenters. The summed E-state index contributed by atoms with van der Waals surface area (Å²) in [6.45, 7) is 7.32. The van der Waals surface area contributed by atoms with E-state index in [1.165, 1.54) is 11.1 Å². The second-order valence-corrected chi connectivity index (χ2v) is 5.72. The maximum atomic E-state index is 3.61. The molecule has 0 saturated heterocycles. The number of benzene rings is 1. The average Bonchev–Trinajstić information content (AvgIpc) is 2.16. The first kappa shape index (κ1) is 13.9. The molecular formula is C13H17Br2N. The molecule has 3 heteroatoms. The predicted molar refractivity (Wildman–Crippen MR) is 77.7 cm³/mol. The van der Waals surface area contributed by atoms with Crippen LogP contribution in [0.4, 0.5) is 0 Å². The van der Waals surface area contributed by atoms with E-state index in [4.69, 9.17) is 0 Å². The number of halogens is 2. The molecule has 0 aliphatic carbocycles. The van der Waals surface area contributed by atoms with Crippen molar-refractivity contribution in [1.29, 1.82) is 0 Å². The van der Waals surface area contributed by atoms with Crippen molar-refractivity contribution in [3.63, 3.8) is 0 Å². The summed E-state index contributed by atoms with van der Waals surface area (Å²) < 4.78 is 2.22. The second kappa shape index (κ2) is 6.58. The Morgan fingerprint density at radius 3 is 2.56 bits per heavy atom. The molecule has 0 heterocycles. The molecule has 1 aromatic carbocycles. The summed E-state index contributed by atoms with van der Waals surface area (Å²) in [7, 11) is 0. The standard InChI is InChI=1S/C13H17Br2N/c1-4-16-13(7-9(2)3)11-6-5-10(14)8-12(11)15/h5-8,13,16H,4H2,1-3H3. The maximum Gasteiger partial charge on any atom is 0.0519 e. The fraction of sp³-hybridized carbons (Fsp3) is 0.385. The van der Waals surface area contributed by atoms with Crippen molar-refractivity contribution in [3.05, 3.63) is 44.4 Å². The van der Waals surface area contributed by atoms with Crippen molar-refractivity contribution in [2.24, 2.45) is 0 Å². The van der Waals surface area contributed by atoms with E-state index >= 15 is 0 Å². The van der Waals surface area contributed by atoms with Crippen molar-refractivity contribution >= 4 is 31.9 Å². The molecule has 0 fully saturated rings. The van der Waals surface area contributed by atoms with Crippen LogP contribution in [0.5, 0.6) is 0 Å². The van der Waals surface area contributed by atoms with Gasteiger partial charge in [0.1, 0.15) is 0 Å². The Kier molecular flexibility index (Phi) is 5.73. The summed E-state index contributed by atoms with van der Waals surface area (Å²) in [6.07, 6.45) is 2.25. The van der Waals surface area contributed by atoms with E-state index in [1.54, 1.807) is 0 Å². The highest BCUT2D eigenvalue weighted by atomic mass is 79.9. The van der Waals surface area contributed by atoms with Crippen molar-refractivity contribution in [1.82, 2.24) is 5.32 Å². The summed E-state index contributed by atoms with van der Waals surface area (Å²) in [5.74, 6) is 0. The molecule has 0 bridgehead atoms. The van der Waals surface area contributed by atoms with Gasteiger partial charge in [0.25, 0.3) is 0 Å². The molecule has 0 spiro atoms. The molecule has 0 radical (unpaired) electrons. The molecule has 1 atom stereocenters. The number of rotatable bonds is 4. The van der Waals surface area contributed by atoms with Crippen molar-refractivity contribution in [2.75, 3.05) is 6.54 Å². The van der Waals surface area contributed by atoms with E-state index in [9.17, 15) is 0 Å². The molecule has 0 aromatic heterocycles. The van der Waals surface area contributed by atoms with Crippen LogP contribution in [0.25, 0.3) is 0 Å². The Balaban J connectivity index is 3.05. The summed E-state index contributed by atoms with van der Waals surface area (Å²) in [4.78, 5) is 0. The van der Waals surface area contributed by atoms with Gasteiger partial charge in [-0.15, -0.1) is 0 Å². The van der Waals surface area contributed by atoms with E-state index in [2.05, 4.69) is 82.2 Å². The molecule has 1 N–H and O–H groups in total. The van der Waals surface area contributed by atoms with Gasteiger partial charge in [-0.3, -0.25) is 0 Å². The van der Waals surface area contributed by atoms with Crippen LogP contribution in [-0.4, -0.2) is 6.54 Å². The fourth-order valence-corrected chi connectivity index (χ4v) is 2.86. The topological polar surface area (TPSA) is 12.0 Å². The van der Waals surface area contributed by atoms with Crippen LogP contribution < -0.4 is 5.32 Å². The first-order valence-corrected chi connectivity index (χ1v) is 6.96. The largest absolute Gasteiger partial charge is 0.307 e. The smallest absolute Gasteiger partial charge is 0.0519 e. The van der Waals surface area contributed by atoms with Gasteiger partial charge in [-0.1, -0.05) is 56.5 Å². The van der Waals surface area contributed by atoms with Crippen molar-refractivity contribution in [3.8, 4) is 0 Å². The molecule has 1 rings (SSSR count). The lowest BCUT2D eigenvalue weighted by atomic mass is 10.0. The lowest BCUT2D eigenvalue weighted by Crippen LogP contribution is -2.19. The summed E-state index contributed by atoms with van der Waals surface area (Å²) >= 11 is 7.08. The van der Waals surface area contributed by atoms with E-state index in [0.29, 0.717) is 0 Å². The number of likely N-dealkylation sites (N-methyl/N-ethyl adjacent to an activating group) is 1. The molecule has 88 valence electrons. The monoisotopic (exact) mass is 345 g/mol. The van der Waals surface area contributed by atoms with Gasteiger partial charge in [0, 0.05) is 8.95 Å². The van der Waals surface area contributed by atoms with Crippen LogP contribution >= 0.6 is 31.9 Å². The van der Waals surface area contributed by atoms with Gasteiger partial charge in [-0.05, 0) is 38.1 Å². The van der Waals surface area contributed by atoms with Gasteiger partial charge >= 0.3 is 0 Å². The third-order valence-electron chi connectivity index (χ3n) is 2.22. The number of hydrogen-bond donors (Lipinski definition) is 1. The highest BCUT2D eigenvalue weighted by molar-refractivity contribution is 9.11. The van der Waals surface area contributed by atoms with Crippen LogP contribution in [0.2, 0.25) is 0 Å². The first-order valence-electron chi connectivity index (χ1n) is 5.38. The Morgan fingerprint density at radius 2 is 2.06 bits per heavy atom. The van der Waals surface area contributed by atoms with E-state index < -0.39 is 0 Å². The Morgan fingerprint density at radius 1 is 1.38 bits per heavy atom. The summed E-state index contributed by atoms with van der Waals surface area (Å²) in [5, 5.41) is 3.47. The number of nitrogens with one attached hydrogen (secondary N) is 1. The van der Waals surface area contributed by atoms with E-state index in [-0.39, 0.29) is 6.04 Å². The van der Waals surface area contributed by atoms with Crippen molar-refractivity contribution in [2.45, 2.75) is 26.8 Å². The predicted octanol–water partition coefficient (Wildman–Crippen LogP) is 4.83. The van der Waals surface area contributed by atoms with E-state index in [1.807, 2.05) is 0 Å².